The smallest absolute Gasteiger partial charge is 0.236 e. The van der Waals surface area contributed by atoms with Crippen molar-refractivity contribution in [3.63, 3.8) is 0 Å². The van der Waals surface area contributed by atoms with E-state index < -0.39 is 0 Å². The number of amides is 1. The Bertz CT molecular complexity index is 542. The molecular formula is C17H28N4O3. The fourth-order valence-corrected chi connectivity index (χ4v) is 3.35. The molecule has 2 saturated heterocycles. The largest absolute Gasteiger partial charge is 0.444 e. The van der Waals surface area contributed by atoms with Crippen molar-refractivity contribution >= 4 is 5.91 Å². The summed E-state index contributed by atoms with van der Waals surface area (Å²) in [6.45, 7) is 7.96. The summed E-state index contributed by atoms with van der Waals surface area (Å²) in [5.74, 6) is 1.93. The van der Waals surface area contributed by atoms with Crippen molar-refractivity contribution in [3.05, 3.63) is 17.8 Å². The van der Waals surface area contributed by atoms with Crippen molar-refractivity contribution in [2.24, 2.45) is 0 Å². The Balaban J connectivity index is 1.44. The van der Waals surface area contributed by atoms with E-state index in [1.807, 2.05) is 11.1 Å². The summed E-state index contributed by atoms with van der Waals surface area (Å²) < 4.78 is 11.0. The number of likely N-dealkylation sites (N-methyl/N-ethyl adjacent to an activating group) is 1. The number of carbonyl (C=O) groups is 1. The quantitative estimate of drug-likeness (QED) is 0.758. The Morgan fingerprint density at radius 1 is 1.38 bits per heavy atom. The molecular weight excluding hydrogens is 308 g/mol. The van der Waals surface area contributed by atoms with E-state index in [0.29, 0.717) is 25.8 Å². The number of carbonyl (C=O) groups excluding carboxylic acids is 1. The van der Waals surface area contributed by atoms with Crippen molar-refractivity contribution in [1.82, 2.24) is 19.7 Å². The van der Waals surface area contributed by atoms with Crippen molar-refractivity contribution in [3.8, 4) is 0 Å². The number of rotatable bonds is 6. The number of morpholine rings is 1. The van der Waals surface area contributed by atoms with E-state index in [0.717, 1.165) is 57.2 Å². The van der Waals surface area contributed by atoms with Crippen LogP contribution in [-0.2, 0) is 22.5 Å². The van der Waals surface area contributed by atoms with Gasteiger partial charge in [0.2, 0.25) is 11.8 Å². The normalized spacial score (nSPS) is 22.5. The van der Waals surface area contributed by atoms with Crippen LogP contribution in [0.25, 0.3) is 0 Å². The van der Waals surface area contributed by atoms with Gasteiger partial charge in [0.1, 0.15) is 5.76 Å². The minimum absolute atomic E-state index is 0.224. The lowest BCUT2D eigenvalue weighted by molar-refractivity contribution is -0.136. The molecule has 3 heterocycles. The molecule has 0 radical (unpaired) electrons. The molecule has 3 rings (SSSR count). The Morgan fingerprint density at radius 3 is 2.88 bits per heavy atom. The summed E-state index contributed by atoms with van der Waals surface area (Å²) >= 11 is 0. The van der Waals surface area contributed by atoms with E-state index in [2.05, 4.69) is 28.8 Å². The van der Waals surface area contributed by atoms with Crippen LogP contribution in [0, 0.1) is 0 Å². The first-order valence-electron chi connectivity index (χ1n) is 8.87. The number of likely N-dealkylation sites (tertiary alicyclic amines) is 1. The number of aromatic nitrogens is 1. The minimum Gasteiger partial charge on any atom is -0.444 e. The second kappa shape index (κ2) is 8.09. The number of oxazole rings is 1. The summed E-state index contributed by atoms with van der Waals surface area (Å²) in [4.78, 5) is 23.1. The lowest BCUT2D eigenvalue weighted by atomic mass is 10.2. The zero-order valence-electron chi connectivity index (χ0n) is 14.7. The molecule has 7 nitrogen and oxygen atoms in total. The van der Waals surface area contributed by atoms with Crippen LogP contribution < -0.4 is 0 Å². The van der Waals surface area contributed by atoms with Gasteiger partial charge in [-0.15, -0.1) is 0 Å². The minimum atomic E-state index is 0.224. The lowest BCUT2D eigenvalue weighted by Crippen LogP contribution is -2.45. The van der Waals surface area contributed by atoms with Gasteiger partial charge in [-0.3, -0.25) is 14.6 Å². The predicted molar refractivity (Wildman–Crippen MR) is 89.6 cm³/mol. The van der Waals surface area contributed by atoms with Gasteiger partial charge in [-0.1, -0.05) is 6.92 Å². The van der Waals surface area contributed by atoms with Gasteiger partial charge in [0.25, 0.3) is 0 Å². The maximum Gasteiger partial charge on any atom is 0.236 e. The van der Waals surface area contributed by atoms with Gasteiger partial charge in [0.15, 0.2) is 0 Å². The number of aryl methyl sites for hydroxylation is 1. The van der Waals surface area contributed by atoms with Crippen LogP contribution >= 0.6 is 0 Å². The number of nitrogens with zero attached hydrogens (tertiary/aromatic N) is 4. The molecule has 0 aliphatic carbocycles. The van der Waals surface area contributed by atoms with Crippen molar-refractivity contribution < 1.29 is 13.9 Å². The second-order valence-corrected chi connectivity index (χ2v) is 6.66. The highest BCUT2D eigenvalue weighted by Crippen LogP contribution is 2.17. The average Bonchev–Trinajstić information content (AvgIpc) is 3.25. The van der Waals surface area contributed by atoms with Gasteiger partial charge in [0.05, 0.1) is 32.5 Å². The number of hydrogen-bond acceptors (Lipinski definition) is 6. The highest BCUT2D eigenvalue weighted by atomic mass is 16.5. The summed E-state index contributed by atoms with van der Waals surface area (Å²) in [5.41, 5.74) is 0. The van der Waals surface area contributed by atoms with E-state index in [1.165, 1.54) is 0 Å². The van der Waals surface area contributed by atoms with Gasteiger partial charge in [-0.25, -0.2) is 4.98 Å². The van der Waals surface area contributed by atoms with Crippen molar-refractivity contribution in [1.29, 1.82) is 0 Å². The first-order chi connectivity index (χ1) is 11.7. The van der Waals surface area contributed by atoms with Crippen LogP contribution in [0.1, 0.15) is 25.0 Å². The van der Waals surface area contributed by atoms with Crippen LogP contribution in [0.2, 0.25) is 0 Å². The third-order valence-corrected chi connectivity index (χ3v) is 4.93. The molecule has 0 saturated carbocycles. The molecule has 1 amide bonds. The summed E-state index contributed by atoms with van der Waals surface area (Å²) in [6, 6.07) is 0.444. The average molecular weight is 336 g/mol. The Labute approximate surface area is 143 Å². The van der Waals surface area contributed by atoms with Crippen LogP contribution in [0.5, 0.6) is 0 Å². The first-order valence-corrected chi connectivity index (χ1v) is 8.87. The van der Waals surface area contributed by atoms with Crippen LogP contribution in [0.3, 0.4) is 0 Å². The maximum absolute atomic E-state index is 12.3. The summed E-state index contributed by atoms with van der Waals surface area (Å²) in [5, 5.41) is 0. The van der Waals surface area contributed by atoms with E-state index in [9.17, 15) is 4.79 Å². The summed E-state index contributed by atoms with van der Waals surface area (Å²) in [6.07, 6.45) is 3.76. The van der Waals surface area contributed by atoms with Crippen LogP contribution in [-0.4, -0.2) is 84.6 Å². The van der Waals surface area contributed by atoms with E-state index in [1.54, 1.807) is 0 Å². The zero-order valence-corrected chi connectivity index (χ0v) is 14.7. The van der Waals surface area contributed by atoms with Crippen LogP contribution in [0.15, 0.2) is 10.6 Å². The molecule has 2 aliphatic rings. The monoisotopic (exact) mass is 336 g/mol. The number of hydrogen-bond donors (Lipinski definition) is 0. The molecule has 1 atom stereocenters. The van der Waals surface area contributed by atoms with E-state index in [-0.39, 0.29) is 5.91 Å². The molecule has 1 aromatic heterocycles. The topological polar surface area (TPSA) is 62.1 Å². The van der Waals surface area contributed by atoms with Crippen molar-refractivity contribution in [2.75, 3.05) is 53.0 Å². The molecule has 24 heavy (non-hydrogen) atoms. The van der Waals surface area contributed by atoms with Crippen molar-refractivity contribution in [2.45, 2.75) is 32.4 Å². The zero-order chi connectivity index (χ0) is 16.9. The van der Waals surface area contributed by atoms with Crippen LogP contribution in [0.4, 0.5) is 0 Å². The molecule has 134 valence electrons. The highest BCUT2D eigenvalue weighted by molar-refractivity contribution is 5.78. The molecule has 0 aromatic carbocycles. The molecule has 0 N–H and O–H groups in total. The van der Waals surface area contributed by atoms with E-state index in [4.69, 9.17) is 9.15 Å². The predicted octanol–water partition coefficient (Wildman–Crippen LogP) is 0.602. The highest BCUT2D eigenvalue weighted by Gasteiger charge is 2.29. The fraction of sp³-hybridized carbons (Fsp3) is 0.765. The van der Waals surface area contributed by atoms with Gasteiger partial charge < -0.3 is 14.1 Å². The molecule has 1 aromatic rings. The maximum atomic E-state index is 12.3. The molecule has 0 spiro atoms. The Hall–Kier alpha value is -1.44. The standard InChI is InChI=1S/C17H28N4O3/c1-3-15-10-18-16(24-15)12-19(2)14-4-5-20(11-14)13-17(22)21-6-8-23-9-7-21/h10,14H,3-9,11-13H2,1-2H3/t14-/m1/s1. The molecule has 0 bridgehead atoms. The third-order valence-electron chi connectivity index (χ3n) is 4.93. The second-order valence-electron chi connectivity index (χ2n) is 6.66. The summed E-state index contributed by atoms with van der Waals surface area (Å²) in [7, 11) is 2.10. The molecule has 7 heteroatoms. The third kappa shape index (κ3) is 4.34. The molecule has 0 unspecified atom stereocenters. The fourth-order valence-electron chi connectivity index (χ4n) is 3.35. The van der Waals surface area contributed by atoms with Gasteiger partial charge in [-0.05, 0) is 13.5 Å². The van der Waals surface area contributed by atoms with Gasteiger partial charge in [-0.2, -0.15) is 0 Å². The SMILES string of the molecule is CCc1cnc(CN(C)[C@@H]2CCN(CC(=O)N3CCOCC3)C2)o1. The van der Waals surface area contributed by atoms with Gasteiger partial charge in [0, 0.05) is 38.6 Å². The Kier molecular flexibility index (Phi) is 5.86. The lowest BCUT2D eigenvalue weighted by Gasteiger charge is -2.29. The molecule has 2 fully saturated rings. The number of ether oxygens (including phenoxy) is 1. The van der Waals surface area contributed by atoms with E-state index >= 15 is 0 Å². The Morgan fingerprint density at radius 2 is 2.17 bits per heavy atom. The first kappa shape index (κ1) is 17.4. The van der Waals surface area contributed by atoms with Gasteiger partial charge >= 0.3 is 0 Å². The molecule has 2 aliphatic heterocycles.